The lowest BCUT2D eigenvalue weighted by Gasteiger charge is -1.99. The lowest BCUT2D eigenvalue weighted by atomic mass is 10.1. The molecule has 1 aromatic rings. The Hall–Kier alpha value is -1.89. The van der Waals surface area contributed by atoms with Crippen LogP contribution in [0.1, 0.15) is 19.5 Å². The van der Waals surface area contributed by atoms with Crippen molar-refractivity contribution in [1.82, 2.24) is 4.98 Å². The number of allylic oxidation sites excluding steroid dienone is 8. The Kier molecular flexibility index (Phi) is 5.64. The third-order valence-electron chi connectivity index (χ3n) is 2.01. The molecule has 0 atom stereocenters. The van der Waals surface area contributed by atoms with Gasteiger partial charge in [0, 0.05) is 11.8 Å². The monoisotopic (exact) mass is 211 g/mol. The first-order valence-electron chi connectivity index (χ1n) is 5.42. The zero-order chi connectivity index (χ0) is 11.6. The van der Waals surface area contributed by atoms with E-state index < -0.39 is 0 Å². The molecule has 1 heterocycles. The van der Waals surface area contributed by atoms with Crippen LogP contribution in [0, 0.1) is 0 Å². The van der Waals surface area contributed by atoms with Crippen LogP contribution >= 0.6 is 0 Å². The molecule has 1 nitrogen and oxygen atoms in total. The van der Waals surface area contributed by atoms with E-state index in [1.54, 1.807) is 0 Å². The van der Waals surface area contributed by atoms with Crippen LogP contribution in [0.2, 0.25) is 0 Å². The summed E-state index contributed by atoms with van der Waals surface area (Å²) < 4.78 is 0. The molecular weight excluding hydrogens is 194 g/mol. The van der Waals surface area contributed by atoms with Crippen LogP contribution in [-0.2, 0) is 0 Å². The van der Waals surface area contributed by atoms with Crippen LogP contribution in [0.25, 0.3) is 5.57 Å². The Labute approximate surface area is 97.5 Å². The highest BCUT2D eigenvalue weighted by atomic mass is 14.7. The summed E-state index contributed by atoms with van der Waals surface area (Å²) in [5.74, 6) is 0. The SMILES string of the molecule is C\C=C/C=C\C(=C/C=C/C)c1ccccn1. The Balaban J connectivity index is 2.97. The fraction of sp³-hybridized carbons (Fsp3) is 0.133. The second kappa shape index (κ2) is 7.41. The molecule has 0 amide bonds. The van der Waals surface area contributed by atoms with Gasteiger partial charge in [-0.05, 0) is 26.0 Å². The summed E-state index contributed by atoms with van der Waals surface area (Å²) in [5.41, 5.74) is 2.10. The zero-order valence-electron chi connectivity index (χ0n) is 9.80. The highest BCUT2D eigenvalue weighted by Crippen LogP contribution is 2.12. The van der Waals surface area contributed by atoms with Crippen molar-refractivity contribution >= 4 is 5.57 Å². The third-order valence-corrected chi connectivity index (χ3v) is 2.01. The van der Waals surface area contributed by atoms with E-state index in [0.717, 1.165) is 11.3 Å². The molecule has 0 saturated heterocycles. The van der Waals surface area contributed by atoms with Crippen molar-refractivity contribution in [2.45, 2.75) is 13.8 Å². The van der Waals surface area contributed by atoms with Gasteiger partial charge in [0.25, 0.3) is 0 Å². The van der Waals surface area contributed by atoms with Gasteiger partial charge < -0.3 is 0 Å². The van der Waals surface area contributed by atoms with Gasteiger partial charge in [-0.15, -0.1) is 0 Å². The van der Waals surface area contributed by atoms with Crippen LogP contribution in [0.15, 0.2) is 66.9 Å². The van der Waals surface area contributed by atoms with Crippen LogP contribution in [-0.4, -0.2) is 4.98 Å². The minimum atomic E-state index is 0.987. The van der Waals surface area contributed by atoms with Crippen molar-refractivity contribution in [3.63, 3.8) is 0 Å². The Bertz CT molecular complexity index is 408. The Morgan fingerprint density at radius 1 is 1.06 bits per heavy atom. The number of nitrogens with zero attached hydrogens (tertiary/aromatic N) is 1. The minimum Gasteiger partial charge on any atom is -0.256 e. The van der Waals surface area contributed by atoms with E-state index in [9.17, 15) is 0 Å². The molecule has 82 valence electrons. The van der Waals surface area contributed by atoms with Gasteiger partial charge in [0.15, 0.2) is 0 Å². The summed E-state index contributed by atoms with van der Waals surface area (Å²) in [6, 6.07) is 5.93. The van der Waals surface area contributed by atoms with Crippen molar-refractivity contribution in [1.29, 1.82) is 0 Å². The third kappa shape index (κ3) is 4.09. The number of aromatic nitrogens is 1. The lowest BCUT2D eigenvalue weighted by Crippen LogP contribution is -1.84. The number of hydrogen-bond acceptors (Lipinski definition) is 1. The van der Waals surface area contributed by atoms with E-state index >= 15 is 0 Å². The van der Waals surface area contributed by atoms with Gasteiger partial charge in [-0.3, -0.25) is 4.98 Å². The van der Waals surface area contributed by atoms with Gasteiger partial charge in [0.2, 0.25) is 0 Å². The number of rotatable bonds is 4. The highest BCUT2D eigenvalue weighted by Gasteiger charge is 1.95. The quantitative estimate of drug-likeness (QED) is 0.681. The van der Waals surface area contributed by atoms with Gasteiger partial charge in [0.05, 0.1) is 5.69 Å². The summed E-state index contributed by atoms with van der Waals surface area (Å²) >= 11 is 0. The molecule has 0 saturated carbocycles. The average molecular weight is 211 g/mol. The summed E-state index contributed by atoms with van der Waals surface area (Å²) in [4.78, 5) is 4.33. The summed E-state index contributed by atoms with van der Waals surface area (Å²) in [6.07, 6.45) is 16.0. The average Bonchev–Trinajstić information content (AvgIpc) is 2.35. The Morgan fingerprint density at radius 3 is 2.50 bits per heavy atom. The van der Waals surface area contributed by atoms with Crippen molar-refractivity contribution in [3.8, 4) is 0 Å². The molecule has 1 rings (SSSR count). The molecule has 1 aromatic heterocycles. The molecule has 0 aliphatic heterocycles. The van der Waals surface area contributed by atoms with Gasteiger partial charge >= 0.3 is 0 Å². The molecule has 0 bridgehead atoms. The standard InChI is InChI=1S/C15H17N/c1-3-5-7-11-14(10-6-4-2)15-12-8-9-13-16-15/h3-13H,1-2H3/b5-3-,6-4+,11-7-,14-10+. The maximum atomic E-state index is 4.33. The first kappa shape index (κ1) is 12.2. The van der Waals surface area contributed by atoms with Gasteiger partial charge in [-0.25, -0.2) is 0 Å². The van der Waals surface area contributed by atoms with Gasteiger partial charge in [0.1, 0.15) is 0 Å². The van der Waals surface area contributed by atoms with Crippen molar-refractivity contribution < 1.29 is 0 Å². The lowest BCUT2D eigenvalue weighted by molar-refractivity contribution is 1.28. The maximum Gasteiger partial charge on any atom is 0.0701 e. The van der Waals surface area contributed by atoms with E-state index in [1.165, 1.54) is 0 Å². The van der Waals surface area contributed by atoms with E-state index in [0.29, 0.717) is 0 Å². The smallest absolute Gasteiger partial charge is 0.0701 e. The van der Waals surface area contributed by atoms with Gasteiger partial charge in [-0.1, -0.05) is 48.6 Å². The molecule has 0 fully saturated rings. The maximum absolute atomic E-state index is 4.33. The largest absolute Gasteiger partial charge is 0.256 e. The van der Waals surface area contributed by atoms with Crippen LogP contribution in [0.5, 0.6) is 0 Å². The van der Waals surface area contributed by atoms with E-state index in [4.69, 9.17) is 0 Å². The number of hydrogen-bond donors (Lipinski definition) is 0. The second-order valence-corrected chi connectivity index (χ2v) is 3.25. The topological polar surface area (TPSA) is 12.9 Å². The zero-order valence-corrected chi connectivity index (χ0v) is 9.80. The molecule has 0 spiro atoms. The molecule has 0 radical (unpaired) electrons. The molecular formula is C15H17N. The van der Waals surface area contributed by atoms with Crippen molar-refractivity contribution in [2.75, 3.05) is 0 Å². The van der Waals surface area contributed by atoms with Crippen molar-refractivity contribution in [3.05, 3.63) is 72.6 Å². The van der Waals surface area contributed by atoms with Gasteiger partial charge in [-0.2, -0.15) is 0 Å². The van der Waals surface area contributed by atoms with Crippen molar-refractivity contribution in [2.24, 2.45) is 0 Å². The molecule has 0 aliphatic carbocycles. The summed E-state index contributed by atoms with van der Waals surface area (Å²) in [6.45, 7) is 4.00. The first-order chi connectivity index (χ1) is 7.88. The van der Waals surface area contributed by atoms with E-state index in [1.807, 2.05) is 68.6 Å². The molecule has 0 unspecified atom stereocenters. The second-order valence-electron chi connectivity index (χ2n) is 3.25. The molecule has 0 N–H and O–H groups in total. The summed E-state index contributed by atoms with van der Waals surface area (Å²) in [7, 11) is 0. The summed E-state index contributed by atoms with van der Waals surface area (Å²) in [5, 5.41) is 0. The minimum absolute atomic E-state index is 0.987. The Morgan fingerprint density at radius 2 is 1.88 bits per heavy atom. The predicted molar refractivity (Wildman–Crippen MR) is 71.0 cm³/mol. The van der Waals surface area contributed by atoms with Crippen LogP contribution in [0.4, 0.5) is 0 Å². The molecule has 0 aromatic carbocycles. The predicted octanol–water partition coefficient (Wildman–Crippen LogP) is 4.17. The number of pyridine rings is 1. The molecule has 1 heteroatoms. The fourth-order valence-corrected chi connectivity index (χ4v) is 1.23. The molecule has 0 aliphatic rings. The molecule has 16 heavy (non-hydrogen) atoms. The first-order valence-corrected chi connectivity index (χ1v) is 5.42. The van der Waals surface area contributed by atoms with Crippen LogP contribution in [0.3, 0.4) is 0 Å². The normalized spacial score (nSPS) is 13.2. The van der Waals surface area contributed by atoms with E-state index in [2.05, 4.69) is 17.1 Å². The highest BCUT2D eigenvalue weighted by molar-refractivity contribution is 5.73. The van der Waals surface area contributed by atoms with Crippen LogP contribution < -0.4 is 0 Å². The fourth-order valence-electron chi connectivity index (χ4n) is 1.23. The van der Waals surface area contributed by atoms with E-state index in [-0.39, 0.29) is 0 Å².